The minimum Gasteiger partial charge on any atom is -0.302 e. The van der Waals surface area contributed by atoms with E-state index in [-0.39, 0.29) is 11.7 Å². The zero-order valence-electron chi connectivity index (χ0n) is 14.1. The molecule has 0 saturated carbocycles. The maximum absolute atomic E-state index is 12.1. The number of nitrogens with one attached hydrogen (secondary N) is 1. The van der Waals surface area contributed by atoms with E-state index in [4.69, 9.17) is 0 Å². The summed E-state index contributed by atoms with van der Waals surface area (Å²) >= 11 is 1.48. The molecule has 5 heteroatoms. The number of nitrogens with zero attached hydrogens (tertiary/aromatic N) is 1. The van der Waals surface area contributed by atoms with Gasteiger partial charge in [0, 0.05) is 18.4 Å². The molecule has 0 radical (unpaired) electrons. The molecule has 3 rings (SSSR count). The van der Waals surface area contributed by atoms with E-state index in [0.29, 0.717) is 30.0 Å². The number of thiazole rings is 1. The monoisotopic (exact) mass is 352 g/mol. The Morgan fingerprint density at radius 1 is 1.08 bits per heavy atom. The number of benzene rings is 2. The molecule has 0 aliphatic carbocycles. The second kappa shape index (κ2) is 8.03. The first-order valence-electron chi connectivity index (χ1n) is 8.43. The van der Waals surface area contributed by atoms with E-state index >= 15 is 0 Å². The minimum atomic E-state index is -0.101. The maximum Gasteiger partial charge on any atom is 0.226 e. The fourth-order valence-electron chi connectivity index (χ4n) is 2.60. The average Bonchev–Trinajstić information content (AvgIpc) is 3.03. The molecular weight excluding hydrogens is 332 g/mol. The van der Waals surface area contributed by atoms with Gasteiger partial charge in [-0.25, -0.2) is 4.98 Å². The summed E-state index contributed by atoms with van der Waals surface area (Å²) in [7, 11) is 0. The zero-order valence-corrected chi connectivity index (χ0v) is 14.9. The highest BCUT2D eigenvalue weighted by atomic mass is 32.1. The fraction of sp³-hybridized carbons (Fsp3) is 0.250. The maximum atomic E-state index is 12.1. The molecule has 0 bridgehead atoms. The molecule has 1 aromatic heterocycles. The molecule has 0 unspecified atom stereocenters. The third kappa shape index (κ3) is 4.51. The molecule has 3 aromatic rings. The highest BCUT2D eigenvalue weighted by molar-refractivity contribution is 7.22. The quantitative estimate of drug-likeness (QED) is 0.618. The summed E-state index contributed by atoms with van der Waals surface area (Å²) in [5, 5.41) is 3.45. The van der Waals surface area contributed by atoms with Crippen LogP contribution >= 0.6 is 11.3 Å². The number of ketones is 1. The molecule has 0 spiro atoms. The van der Waals surface area contributed by atoms with Crippen LogP contribution < -0.4 is 5.32 Å². The number of fused-ring (bicyclic) bond motifs is 1. The number of hydrogen-bond donors (Lipinski definition) is 1. The zero-order chi connectivity index (χ0) is 17.6. The van der Waals surface area contributed by atoms with Gasteiger partial charge in [-0.05, 0) is 30.5 Å². The van der Waals surface area contributed by atoms with Crippen LogP contribution in [0.25, 0.3) is 10.2 Å². The van der Waals surface area contributed by atoms with Crippen molar-refractivity contribution in [1.82, 2.24) is 4.98 Å². The molecule has 0 saturated heterocycles. The van der Waals surface area contributed by atoms with Gasteiger partial charge in [0.25, 0.3) is 0 Å². The van der Waals surface area contributed by atoms with Crippen LogP contribution in [0.5, 0.6) is 0 Å². The second-order valence-electron chi connectivity index (χ2n) is 5.87. The molecule has 2 aromatic carbocycles. The predicted octanol–water partition coefficient (Wildman–Crippen LogP) is 4.85. The topological polar surface area (TPSA) is 59.1 Å². The van der Waals surface area contributed by atoms with E-state index in [0.717, 1.165) is 16.6 Å². The summed E-state index contributed by atoms with van der Waals surface area (Å²) in [4.78, 5) is 28.5. The number of carbonyl (C=O) groups is 2. The van der Waals surface area contributed by atoms with Crippen molar-refractivity contribution >= 4 is 38.4 Å². The summed E-state index contributed by atoms with van der Waals surface area (Å²) in [6, 6.07) is 15.3. The van der Waals surface area contributed by atoms with E-state index in [9.17, 15) is 9.59 Å². The summed E-state index contributed by atoms with van der Waals surface area (Å²) in [6.45, 7) is 2.11. The van der Waals surface area contributed by atoms with Crippen LogP contribution in [0.1, 0.15) is 42.1 Å². The number of hydrogen-bond acceptors (Lipinski definition) is 4. The molecule has 1 amide bonds. The lowest BCUT2D eigenvalue weighted by molar-refractivity contribution is -0.116. The Morgan fingerprint density at radius 3 is 2.64 bits per heavy atom. The van der Waals surface area contributed by atoms with Gasteiger partial charge >= 0.3 is 0 Å². The second-order valence-corrected chi connectivity index (χ2v) is 6.90. The van der Waals surface area contributed by atoms with Crippen molar-refractivity contribution in [2.45, 2.75) is 32.6 Å². The summed E-state index contributed by atoms with van der Waals surface area (Å²) in [5.74, 6) is -0.0314. The van der Waals surface area contributed by atoms with Crippen LogP contribution in [0.2, 0.25) is 0 Å². The number of Topliss-reactive ketones (excluding diaryl/α,β-unsaturated/α-hetero) is 1. The van der Waals surface area contributed by atoms with Gasteiger partial charge in [0.05, 0.1) is 10.2 Å². The van der Waals surface area contributed by atoms with Crippen LogP contribution in [0.3, 0.4) is 0 Å². The Labute approximate surface area is 150 Å². The third-order valence-corrected chi connectivity index (χ3v) is 4.94. The van der Waals surface area contributed by atoms with Crippen molar-refractivity contribution in [2.24, 2.45) is 0 Å². The molecule has 0 aliphatic heterocycles. The molecule has 0 fully saturated rings. The van der Waals surface area contributed by atoms with Crippen molar-refractivity contribution in [3.8, 4) is 0 Å². The van der Waals surface area contributed by atoms with Crippen LogP contribution in [-0.4, -0.2) is 16.7 Å². The highest BCUT2D eigenvalue weighted by Gasteiger charge is 2.10. The third-order valence-electron chi connectivity index (χ3n) is 4.01. The standard InChI is InChI=1S/C20H20N2O2S/c1-2-14-11-12-16-18(13-14)25-20(21-16)22-19(24)10-6-9-17(23)15-7-4-3-5-8-15/h3-5,7-8,11-13H,2,6,9-10H2,1H3,(H,21,22,24). The lowest BCUT2D eigenvalue weighted by atomic mass is 10.1. The molecule has 128 valence electrons. The summed E-state index contributed by atoms with van der Waals surface area (Å²) < 4.78 is 1.08. The van der Waals surface area contributed by atoms with Gasteiger partial charge in [0.1, 0.15) is 0 Å². The molecule has 4 nitrogen and oxygen atoms in total. The van der Waals surface area contributed by atoms with Crippen molar-refractivity contribution < 1.29 is 9.59 Å². The van der Waals surface area contributed by atoms with Crippen molar-refractivity contribution in [1.29, 1.82) is 0 Å². The van der Waals surface area contributed by atoms with Crippen molar-refractivity contribution in [2.75, 3.05) is 5.32 Å². The van der Waals surface area contributed by atoms with Crippen LogP contribution in [0.4, 0.5) is 5.13 Å². The van der Waals surface area contributed by atoms with Crippen LogP contribution in [0, 0.1) is 0 Å². The van der Waals surface area contributed by atoms with Gasteiger partial charge in [-0.3, -0.25) is 9.59 Å². The van der Waals surface area contributed by atoms with E-state index in [1.54, 1.807) is 12.1 Å². The van der Waals surface area contributed by atoms with Crippen LogP contribution in [0.15, 0.2) is 48.5 Å². The normalized spacial score (nSPS) is 10.8. The number of rotatable bonds is 7. The van der Waals surface area contributed by atoms with Crippen molar-refractivity contribution in [3.05, 3.63) is 59.7 Å². The molecule has 25 heavy (non-hydrogen) atoms. The first-order chi connectivity index (χ1) is 12.2. The van der Waals surface area contributed by atoms with Crippen molar-refractivity contribution in [3.63, 3.8) is 0 Å². The van der Waals surface area contributed by atoms with Gasteiger partial charge in [-0.2, -0.15) is 0 Å². The minimum absolute atomic E-state index is 0.0699. The SMILES string of the molecule is CCc1ccc2nc(NC(=O)CCCC(=O)c3ccccc3)sc2c1. The Morgan fingerprint density at radius 2 is 1.88 bits per heavy atom. The lowest BCUT2D eigenvalue weighted by Gasteiger charge is -2.02. The molecule has 0 atom stereocenters. The smallest absolute Gasteiger partial charge is 0.226 e. The Balaban J connectivity index is 1.51. The van der Waals surface area contributed by atoms with E-state index < -0.39 is 0 Å². The number of anilines is 1. The Bertz CT molecular complexity index is 887. The van der Waals surface area contributed by atoms with Gasteiger partial charge in [0.2, 0.25) is 5.91 Å². The van der Waals surface area contributed by atoms with Gasteiger partial charge in [0.15, 0.2) is 10.9 Å². The largest absolute Gasteiger partial charge is 0.302 e. The molecular formula is C20H20N2O2S. The number of aryl methyl sites for hydroxylation is 1. The Hall–Kier alpha value is -2.53. The van der Waals surface area contributed by atoms with E-state index in [2.05, 4.69) is 29.4 Å². The van der Waals surface area contributed by atoms with Gasteiger partial charge in [-0.15, -0.1) is 0 Å². The summed E-state index contributed by atoms with van der Waals surface area (Å²) in [5.41, 5.74) is 2.85. The predicted molar refractivity (Wildman–Crippen MR) is 102 cm³/mol. The van der Waals surface area contributed by atoms with E-state index in [1.165, 1.54) is 16.9 Å². The molecule has 0 aliphatic rings. The first kappa shape index (κ1) is 17.3. The lowest BCUT2D eigenvalue weighted by Crippen LogP contribution is -2.11. The van der Waals surface area contributed by atoms with E-state index in [1.807, 2.05) is 24.3 Å². The first-order valence-corrected chi connectivity index (χ1v) is 9.25. The molecule has 1 heterocycles. The fourth-order valence-corrected chi connectivity index (χ4v) is 3.55. The highest BCUT2D eigenvalue weighted by Crippen LogP contribution is 2.27. The Kier molecular flexibility index (Phi) is 5.56. The number of amides is 1. The van der Waals surface area contributed by atoms with Crippen LogP contribution in [-0.2, 0) is 11.2 Å². The summed E-state index contributed by atoms with van der Waals surface area (Å²) in [6.07, 6.45) is 2.20. The number of aromatic nitrogens is 1. The number of carbonyl (C=O) groups excluding carboxylic acids is 2. The molecule has 1 N–H and O–H groups in total. The van der Waals surface area contributed by atoms with Gasteiger partial charge in [-0.1, -0.05) is 54.7 Å². The van der Waals surface area contributed by atoms with Gasteiger partial charge < -0.3 is 5.32 Å². The average molecular weight is 352 g/mol.